The van der Waals surface area contributed by atoms with E-state index in [9.17, 15) is 5.11 Å². The Morgan fingerprint density at radius 1 is 1.12 bits per heavy atom. The van der Waals surface area contributed by atoms with E-state index in [4.69, 9.17) is 4.74 Å². The van der Waals surface area contributed by atoms with Crippen LogP contribution in [0.5, 0.6) is 5.75 Å². The highest BCUT2D eigenvalue weighted by Crippen LogP contribution is 2.41. The van der Waals surface area contributed by atoms with Crippen LogP contribution in [0.3, 0.4) is 0 Å². The second kappa shape index (κ2) is 4.34. The van der Waals surface area contributed by atoms with E-state index in [1.807, 2.05) is 18.2 Å². The van der Waals surface area contributed by atoms with Gasteiger partial charge in [-0.15, -0.1) is 0 Å². The van der Waals surface area contributed by atoms with Crippen LogP contribution < -0.4 is 4.74 Å². The molecule has 3 rings (SSSR count). The van der Waals surface area contributed by atoms with Crippen molar-refractivity contribution >= 4 is 0 Å². The Morgan fingerprint density at radius 3 is 2.71 bits per heavy atom. The molecule has 1 aliphatic heterocycles. The predicted molar refractivity (Wildman–Crippen MR) is 66.9 cm³/mol. The zero-order chi connectivity index (χ0) is 11.7. The van der Waals surface area contributed by atoms with E-state index in [-0.39, 0.29) is 0 Å². The number of ether oxygens (including phenoxy) is 1. The van der Waals surface area contributed by atoms with Gasteiger partial charge in [0.05, 0.1) is 0 Å². The number of para-hydroxylation sites is 1. The summed E-state index contributed by atoms with van der Waals surface area (Å²) < 4.78 is 5.91. The Bertz CT molecular complexity index is 396. The molecule has 0 saturated heterocycles. The van der Waals surface area contributed by atoms with Crippen LogP contribution in [-0.4, -0.2) is 10.9 Å². The lowest BCUT2D eigenvalue weighted by molar-refractivity contribution is -0.196. The normalized spacial score (nSPS) is 29.5. The molecule has 17 heavy (non-hydrogen) atoms. The summed E-state index contributed by atoms with van der Waals surface area (Å²) in [6, 6.07) is 8.08. The number of hydrogen-bond donors (Lipinski definition) is 1. The van der Waals surface area contributed by atoms with Gasteiger partial charge in [-0.05, 0) is 30.9 Å². The van der Waals surface area contributed by atoms with Crippen LogP contribution in [0.4, 0.5) is 0 Å². The van der Waals surface area contributed by atoms with E-state index in [1.54, 1.807) is 0 Å². The third-order valence-corrected chi connectivity index (χ3v) is 4.25. The minimum atomic E-state index is -0.908. The van der Waals surface area contributed by atoms with Gasteiger partial charge >= 0.3 is 0 Å². The molecule has 0 aromatic heterocycles. The summed E-state index contributed by atoms with van der Waals surface area (Å²) in [4.78, 5) is 0. The molecule has 1 aliphatic carbocycles. The molecule has 1 saturated carbocycles. The third kappa shape index (κ3) is 2.06. The van der Waals surface area contributed by atoms with Gasteiger partial charge < -0.3 is 9.84 Å². The molecule has 92 valence electrons. The second-order valence-electron chi connectivity index (χ2n) is 5.39. The number of aliphatic hydroxyl groups is 1. The van der Waals surface area contributed by atoms with Gasteiger partial charge in [0.25, 0.3) is 0 Å². The van der Waals surface area contributed by atoms with Crippen molar-refractivity contribution in [2.45, 2.75) is 50.7 Å². The molecule has 1 fully saturated rings. The maximum atomic E-state index is 10.7. The van der Waals surface area contributed by atoms with Crippen molar-refractivity contribution in [1.29, 1.82) is 0 Å². The lowest BCUT2D eigenvalue weighted by atomic mass is 9.80. The molecule has 1 atom stereocenters. The molecule has 0 amide bonds. The fourth-order valence-electron chi connectivity index (χ4n) is 3.21. The molecule has 1 aromatic carbocycles. The van der Waals surface area contributed by atoms with Gasteiger partial charge in [0.2, 0.25) is 5.79 Å². The van der Waals surface area contributed by atoms with Crippen molar-refractivity contribution in [3.8, 4) is 5.75 Å². The Morgan fingerprint density at radius 2 is 1.88 bits per heavy atom. The van der Waals surface area contributed by atoms with Crippen LogP contribution in [0.1, 0.15) is 44.1 Å². The standard InChI is InChI=1S/C15H20O2/c16-15(13-7-2-1-3-8-13)11-10-12-6-4-5-9-14(12)17-15/h4-6,9,13,16H,1-3,7-8,10-11H2. The molecule has 2 heteroatoms. The summed E-state index contributed by atoms with van der Waals surface area (Å²) >= 11 is 0. The van der Waals surface area contributed by atoms with Gasteiger partial charge in [0, 0.05) is 12.3 Å². The largest absolute Gasteiger partial charge is 0.462 e. The van der Waals surface area contributed by atoms with Gasteiger partial charge in [0.15, 0.2) is 0 Å². The summed E-state index contributed by atoms with van der Waals surface area (Å²) in [5.74, 6) is 0.297. The summed E-state index contributed by atoms with van der Waals surface area (Å²) in [6.07, 6.45) is 7.67. The summed E-state index contributed by atoms with van der Waals surface area (Å²) in [6.45, 7) is 0. The van der Waals surface area contributed by atoms with Gasteiger partial charge in [-0.3, -0.25) is 0 Å². The molecule has 1 aromatic rings. The quantitative estimate of drug-likeness (QED) is 0.805. The van der Waals surface area contributed by atoms with Crippen molar-refractivity contribution in [2.24, 2.45) is 5.92 Å². The van der Waals surface area contributed by atoms with E-state index in [2.05, 4.69) is 6.07 Å². The van der Waals surface area contributed by atoms with Crippen LogP contribution in [0, 0.1) is 5.92 Å². The number of aryl methyl sites for hydroxylation is 1. The monoisotopic (exact) mass is 232 g/mol. The maximum Gasteiger partial charge on any atom is 0.211 e. The van der Waals surface area contributed by atoms with Crippen LogP contribution >= 0.6 is 0 Å². The highest BCUT2D eigenvalue weighted by atomic mass is 16.6. The fourth-order valence-corrected chi connectivity index (χ4v) is 3.21. The molecular weight excluding hydrogens is 212 g/mol. The highest BCUT2D eigenvalue weighted by Gasteiger charge is 2.41. The molecule has 1 unspecified atom stereocenters. The maximum absolute atomic E-state index is 10.7. The second-order valence-corrected chi connectivity index (χ2v) is 5.39. The molecule has 1 heterocycles. The fraction of sp³-hybridized carbons (Fsp3) is 0.600. The summed E-state index contributed by atoms with van der Waals surface area (Å²) in [5, 5.41) is 10.7. The smallest absolute Gasteiger partial charge is 0.211 e. The first kappa shape index (κ1) is 11.1. The molecule has 0 radical (unpaired) electrons. The van der Waals surface area contributed by atoms with Crippen molar-refractivity contribution in [3.05, 3.63) is 29.8 Å². The van der Waals surface area contributed by atoms with Gasteiger partial charge in [-0.1, -0.05) is 37.5 Å². The first-order valence-electron chi connectivity index (χ1n) is 6.77. The zero-order valence-electron chi connectivity index (χ0n) is 10.2. The van der Waals surface area contributed by atoms with Gasteiger partial charge in [-0.25, -0.2) is 0 Å². The highest BCUT2D eigenvalue weighted by molar-refractivity contribution is 5.35. The number of rotatable bonds is 1. The Balaban J connectivity index is 1.81. The van der Waals surface area contributed by atoms with Gasteiger partial charge in [-0.2, -0.15) is 0 Å². The molecule has 1 N–H and O–H groups in total. The Labute approximate surface area is 103 Å². The minimum absolute atomic E-state index is 0.324. The van der Waals surface area contributed by atoms with Crippen LogP contribution in [0.15, 0.2) is 24.3 Å². The third-order valence-electron chi connectivity index (χ3n) is 4.25. The number of fused-ring (bicyclic) bond motifs is 1. The lowest BCUT2D eigenvalue weighted by Gasteiger charge is -2.41. The van der Waals surface area contributed by atoms with E-state index in [1.165, 1.54) is 24.8 Å². The SMILES string of the molecule is OC1(C2CCCCC2)CCc2ccccc2O1. The van der Waals surface area contributed by atoms with E-state index in [0.717, 1.165) is 31.4 Å². The molecular formula is C15H20O2. The summed E-state index contributed by atoms with van der Waals surface area (Å²) in [5.41, 5.74) is 1.23. The van der Waals surface area contributed by atoms with Crippen LogP contribution in [0.25, 0.3) is 0 Å². The van der Waals surface area contributed by atoms with Crippen molar-refractivity contribution in [2.75, 3.05) is 0 Å². The molecule has 0 bridgehead atoms. The molecule has 2 nitrogen and oxygen atoms in total. The average molecular weight is 232 g/mol. The van der Waals surface area contributed by atoms with Crippen LogP contribution in [0.2, 0.25) is 0 Å². The minimum Gasteiger partial charge on any atom is -0.462 e. The first-order chi connectivity index (χ1) is 8.28. The van der Waals surface area contributed by atoms with Gasteiger partial charge in [0.1, 0.15) is 5.75 Å². The Hall–Kier alpha value is -1.02. The van der Waals surface area contributed by atoms with E-state index >= 15 is 0 Å². The number of hydrogen-bond acceptors (Lipinski definition) is 2. The Kier molecular flexibility index (Phi) is 2.83. The van der Waals surface area contributed by atoms with Crippen LogP contribution in [-0.2, 0) is 6.42 Å². The summed E-state index contributed by atoms with van der Waals surface area (Å²) in [7, 11) is 0. The zero-order valence-corrected chi connectivity index (χ0v) is 10.2. The average Bonchev–Trinajstić information content (AvgIpc) is 2.40. The van der Waals surface area contributed by atoms with Crippen molar-refractivity contribution in [1.82, 2.24) is 0 Å². The topological polar surface area (TPSA) is 29.5 Å². The van der Waals surface area contributed by atoms with Crippen molar-refractivity contribution < 1.29 is 9.84 Å². The molecule has 2 aliphatic rings. The lowest BCUT2D eigenvalue weighted by Crippen LogP contribution is -2.47. The predicted octanol–water partition coefficient (Wildman–Crippen LogP) is 3.28. The van der Waals surface area contributed by atoms with E-state index < -0.39 is 5.79 Å². The van der Waals surface area contributed by atoms with Crippen molar-refractivity contribution in [3.63, 3.8) is 0 Å². The number of benzene rings is 1. The van der Waals surface area contributed by atoms with E-state index in [0.29, 0.717) is 5.92 Å². The molecule has 0 spiro atoms. The first-order valence-corrected chi connectivity index (χ1v) is 6.77.